The summed E-state index contributed by atoms with van der Waals surface area (Å²) in [6.45, 7) is 3.27. The smallest absolute Gasteiger partial charge is 0.269 e. The average Bonchev–Trinajstić information content (AvgIpc) is 3.35. The Morgan fingerprint density at radius 2 is 1.82 bits per heavy atom. The topological polar surface area (TPSA) is 108 Å². The SMILES string of the molecule is CN(C)CCCNC(=O)c1cc(NC(=O)C=Cc2ccc([N+](=O)[O-])cc2)ccc1N1CCCC1. The van der Waals surface area contributed by atoms with Crippen LogP contribution < -0.4 is 15.5 Å². The molecule has 1 heterocycles. The summed E-state index contributed by atoms with van der Waals surface area (Å²) in [5, 5.41) is 16.5. The summed E-state index contributed by atoms with van der Waals surface area (Å²) in [6.07, 6.45) is 5.97. The van der Waals surface area contributed by atoms with Gasteiger partial charge in [0.2, 0.25) is 5.91 Å². The Hall–Kier alpha value is -3.72. The molecule has 9 nitrogen and oxygen atoms in total. The third-order valence-electron chi connectivity index (χ3n) is 5.55. The molecule has 0 aromatic heterocycles. The lowest BCUT2D eigenvalue weighted by Crippen LogP contribution is -2.29. The van der Waals surface area contributed by atoms with Crippen molar-refractivity contribution in [1.29, 1.82) is 0 Å². The van der Waals surface area contributed by atoms with Crippen LogP contribution in [0.15, 0.2) is 48.5 Å². The molecule has 0 unspecified atom stereocenters. The van der Waals surface area contributed by atoms with Gasteiger partial charge < -0.3 is 20.4 Å². The first kappa shape index (κ1) is 24.9. The summed E-state index contributed by atoms with van der Waals surface area (Å²) in [4.78, 5) is 40.0. The van der Waals surface area contributed by atoms with Crippen molar-refractivity contribution in [1.82, 2.24) is 10.2 Å². The van der Waals surface area contributed by atoms with Crippen molar-refractivity contribution >= 4 is 35.0 Å². The number of hydrogen-bond donors (Lipinski definition) is 2. The summed E-state index contributed by atoms with van der Waals surface area (Å²) in [5.74, 6) is -0.511. The highest BCUT2D eigenvalue weighted by atomic mass is 16.6. The highest BCUT2D eigenvalue weighted by Gasteiger charge is 2.20. The lowest BCUT2D eigenvalue weighted by Gasteiger charge is -2.22. The van der Waals surface area contributed by atoms with Gasteiger partial charge in [-0.1, -0.05) is 0 Å². The van der Waals surface area contributed by atoms with Gasteiger partial charge in [-0.25, -0.2) is 0 Å². The molecule has 2 aromatic carbocycles. The van der Waals surface area contributed by atoms with Crippen molar-refractivity contribution in [2.24, 2.45) is 0 Å². The van der Waals surface area contributed by atoms with Crippen molar-refractivity contribution in [3.05, 3.63) is 69.8 Å². The highest BCUT2D eigenvalue weighted by molar-refractivity contribution is 6.05. The summed E-state index contributed by atoms with van der Waals surface area (Å²) < 4.78 is 0. The third-order valence-corrected chi connectivity index (χ3v) is 5.55. The second kappa shape index (κ2) is 11.9. The van der Waals surface area contributed by atoms with Crippen molar-refractivity contribution in [3.63, 3.8) is 0 Å². The normalized spacial score (nSPS) is 13.4. The molecule has 0 atom stereocenters. The van der Waals surface area contributed by atoms with Gasteiger partial charge in [-0.2, -0.15) is 0 Å². The quantitative estimate of drug-likeness (QED) is 0.241. The summed E-state index contributed by atoms with van der Waals surface area (Å²) in [7, 11) is 3.99. The monoisotopic (exact) mass is 465 g/mol. The molecule has 0 saturated carbocycles. The summed E-state index contributed by atoms with van der Waals surface area (Å²) in [6, 6.07) is 11.3. The van der Waals surface area contributed by atoms with E-state index in [4.69, 9.17) is 0 Å². The van der Waals surface area contributed by atoms with Crippen molar-refractivity contribution in [2.75, 3.05) is 50.5 Å². The van der Waals surface area contributed by atoms with Gasteiger partial charge in [0.1, 0.15) is 0 Å². The maximum Gasteiger partial charge on any atom is 0.269 e. The number of carbonyl (C=O) groups excluding carboxylic acids is 2. The fourth-order valence-electron chi connectivity index (χ4n) is 3.78. The predicted octanol–water partition coefficient (Wildman–Crippen LogP) is 3.53. The van der Waals surface area contributed by atoms with Crippen molar-refractivity contribution in [3.8, 4) is 0 Å². The standard InChI is InChI=1S/C25H31N5O4/c1-28(2)15-5-14-26-25(32)22-18-20(9-12-23(22)29-16-3-4-17-29)27-24(31)13-8-19-6-10-21(11-7-19)30(33)34/h6-13,18H,3-5,14-17H2,1-2H3,(H,26,32)(H,27,31). The fraction of sp³-hybridized carbons (Fsp3) is 0.360. The van der Waals surface area contributed by atoms with E-state index in [1.54, 1.807) is 30.3 Å². The molecule has 1 saturated heterocycles. The minimum absolute atomic E-state index is 0.00721. The van der Waals surface area contributed by atoms with Crippen molar-refractivity contribution < 1.29 is 14.5 Å². The second-order valence-corrected chi connectivity index (χ2v) is 8.51. The Bertz CT molecular complexity index is 1040. The molecular weight excluding hydrogens is 434 g/mol. The molecule has 0 bridgehead atoms. The number of rotatable bonds is 10. The minimum Gasteiger partial charge on any atom is -0.371 e. The molecule has 180 valence electrons. The van der Waals surface area contributed by atoms with Crippen LogP contribution in [0, 0.1) is 10.1 Å². The van der Waals surface area contributed by atoms with E-state index in [-0.39, 0.29) is 17.5 Å². The van der Waals surface area contributed by atoms with Crippen LogP contribution >= 0.6 is 0 Å². The first-order valence-electron chi connectivity index (χ1n) is 11.4. The first-order valence-corrected chi connectivity index (χ1v) is 11.4. The van der Waals surface area contributed by atoms with Gasteiger partial charge in [0.15, 0.2) is 0 Å². The maximum atomic E-state index is 13.0. The molecule has 1 fully saturated rings. The van der Waals surface area contributed by atoms with Crippen LogP contribution in [0.2, 0.25) is 0 Å². The number of nitrogens with one attached hydrogen (secondary N) is 2. The van der Waals surface area contributed by atoms with Crippen LogP contribution in [0.1, 0.15) is 35.2 Å². The Morgan fingerprint density at radius 1 is 1.12 bits per heavy atom. The number of non-ortho nitro benzene ring substituents is 1. The number of nitro groups is 1. The molecule has 3 rings (SSSR count). The van der Waals surface area contributed by atoms with E-state index in [2.05, 4.69) is 20.4 Å². The van der Waals surface area contributed by atoms with E-state index >= 15 is 0 Å². The van der Waals surface area contributed by atoms with Crippen LogP contribution in [0.5, 0.6) is 0 Å². The third kappa shape index (κ3) is 7.14. The molecule has 2 N–H and O–H groups in total. The number of anilines is 2. The van der Waals surface area contributed by atoms with E-state index < -0.39 is 4.92 Å². The van der Waals surface area contributed by atoms with Crippen LogP contribution in [0.4, 0.5) is 17.1 Å². The number of benzene rings is 2. The van der Waals surface area contributed by atoms with Crippen molar-refractivity contribution in [2.45, 2.75) is 19.3 Å². The lowest BCUT2D eigenvalue weighted by atomic mass is 10.1. The van der Waals surface area contributed by atoms with Gasteiger partial charge in [0.05, 0.1) is 10.5 Å². The summed E-state index contributed by atoms with van der Waals surface area (Å²) in [5.41, 5.74) is 2.61. The average molecular weight is 466 g/mol. The Labute approximate surface area is 199 Å². The van der Waals surface area contributed by atoms with Crippen LogP contribution in [-0.4, -0.2) is 61.9 Å². The van der Waals surface area contributed by atoms with Gasteiger partial charge >= 0.3 is 0 Å². The summed E-state index contributed by atoms with van der Waals surface area (Å²) >= 11 is 0. The minimum atomic E-state index is -0.470. The van der Waals surface area contributed by atoms with Gasteiger partial charge in [0, 0.05) is 49.2 Å². The van der Waals surface area contributed by atoms with Gasteiger partial charge in [0.25, 0.3) is 11.6 Å². The Morgan fingerprint density at radius 3 is 2.47 bits per heavy atom. The molecule has 1 aliphatic heterocycles. The number of hydrogen-bond acceptors (Lipinski definition) is 6. The van der Waals surface area contributed by atoms with E-state index in [0.717, 1.165) is 44.6 Å². The molecule has 9 heteroatoms. The predicted molar refractivity (Wildman–Crippen MR) is 134 cm³/mol. The van der Waals surface area contributed by atoms with Gasteiger partial charge in [-0.3, -0.25) is 19.7 Å². The number of carbonyl (C=O) groups is 2. The van der Waals surface area contributed by atoms with Crippen LogP contribution in [0.3, 0.4) is 0 Å². The fourth-order valence-corrected chi connectivity index (χ4v) is 3.78. The Balaban J connectivity index is 1.69. The second-order valence-electron chi connectivity index (χ2n) is 8.51. The van der Waals surface area contributed by atoms with Gasteiger partial charge in [-0.05, 0) is 81.9 Å². The number of nitro benzene ring substituents is 1. The maximum absolute atomic E-state index is 13.0. The molecule has 0 aliphatic carbocycles. The highest BCUT2D eigenvalue weighted by Crippen LogP contribution is 2.27. The van der Waals surface area contributed by atoms with Crippen LogP contribution in [-0.2, 0) is 4.79 Å². The van der Waals surface area contributed by atoms with Crippen LogP contribution in [0.25, 0.3) is 6.08 Å². The molecule has 2 amide bonds. The number of amides is 2. The molecule has 1 aliphatic rings. The van der Waals surface area contributed by atoms with E-state index in [1.165, 1.54) is 18.2 Å². The van der Waals surface area contributed by atoms with E-state index in [1.807, 2.05) is 20.2 Å². The lowest BCUT2D eigenvalue weighted by molar-refractivity contribution is -0.384. The Kier molecular flexibility index (Phi) is 8.75. The van der Waals surface area contributed by atoms with Gasteiger partial charge in [-0.15, -0.1) is 0 Å². The zero-order valence-corrected chi connectivity index (χ0v) is 19.6. The molecule has 0 spiro atoms. The molecular formula is C25H31N5O4. The van der Waals surface area contributed by atoms with E-state index in [0.29, 0.717) is 23.4 Å². The van der Waals surface area contributed by atoms with E-state index in [9.17, 15) is 19.7 Å². The first-order chi connectivity index (χ1) is 16.3. The molecule has 2 aromatic rings. The molecule has 34 heavy (non-hydrogen) atoms. The zero-order chi connectivity index (χ0) is 24.5. The molecule has 0 radical (unpaired) electrons. The number of nitrogens with zero attached hydrogens (tertiary/aromatic N) is 3. The largest absolute Gasteiger partial charge is 0.371 e. The zero-order valence-electron chi connectivity index (χ0n) is 19.6.